The Bertz CT molecular complexity index is 966. The van der Waals surface area contributed by atoms with E-state index in [0.29, 0.717) is 11.6 Å². The Hall–Kier alpha value is -1.76. The summed E-state index contributed by atoms with van der Waals surface area (Å²) in [5, 5.41) is 10.1. The van der Waals surface area contributed by atoms with Crippen LogP contribution in [0.2, 0.25) is 5.02 Å². The molecule has 0 atom stereocenters. The first-order chi connectivity index (χ1) is 11.3. The molecule has 0 aliphatic rings. The predicted octanol–water partition coefficient (Wildman–Crippen LogP) is 4.77. The summed E-state index contributed by atoms with van der Waals surface area (Å²) >= 11 is 9.23. The minimum absolute atomic E-state index is 0.585. The van der Waals surface area contributed by atoms with Crippen molar-refractivity contribution in [2.75, 3.05) is 12.4 Å². The van der Waals surface area contributed by atoms with Crippen molar-refractivity contribution >= 4 is 49.9 Å². The zero-order chi connectivity index (χ0) is 15.6. The minimum Gasteiger partial charge on any atom is -0.493 e. The van der Waals surface area contributed by atoms with Crippen LogP contribution < -0.4 is 4.74 Å². The number of thioether (sulfide) groups is 1. The molecule has 0 saturated carbocycles. The maximum atomic E-state index is 5.94. The fourth-order valence-electron chi connectivity index (χ4n) is 2.30. The predicted molar refractivity (Wildman–Crippen MR) is 96.0 cm³/mol. The zero-order valence-corrected chi connectivity index (χ0v) is 14.4. The zero-order valence-electron chi connectivity index (χ0n) is 12.0. The third-order valence-electron chi connectivity index (χ3n) is 3.29. The Kier molecular flexibility index (Phi) is 4.11. The van der Waals surface area contributed by atoms with Gasteiger partial charge in [-0.15, -0.1) is 10.2 Å². The summed E-state index contributed by atoms with van der Waals surface area (Å²) < 4.78 is 9.02. The van der Waals surface area contributed by atoms with Crippen molar-refractivity contribution in [2.24, 2.45) is 0 Å². The van der Waals surface area contributed by atoms with E-state index < -0.39 is 0 Å². The standard InChI is InChI=1S/C16H12ClN3OS2/c17-11-4-3-5-12(10-11)21-8-9-22-15-18-19-16-20(15)13-6-1-2-7-14(13)23-16/h1-7,10H,8-9H2. The number of aromatic nitrogens is 3. The first-order valence-corrected chi connectivity index (χ1v) is 9.23. The number of fused-ring (bicyclic) bond motifs is 3. The highest BCUT2D eigenvalue weighted by atomic mass is 35.5. The van der Waals surface area contributed by atoms with Gasteiger partial charge in [0.1, 0.15) is 5.75 Å². The third kappa shape index (κ3) is 3.02. The first-order valence-electron chi connectivity index (χ1n) is 7.05. The average Bonchev–Trinajstić information content (AvgIpc) is 3.11. The molecule has 2 aromatic carbocycles. The Balaban J connectivity index is 1.46. The number of hydrogen-bond donors (Lipinski definition) is 0. The summed E-state index contributed by atoms with van der Waals surface area (Å²) in [6, 6.07) is 15.7. The van der Waals surface area contributed by atoms with E-state index in [2.05, 4.69) is 26.7 Å². The van der Waals surface area contributed by atoms with E-state index in [9.17, 15) is 0 Å². The van der Waals surface area contributed by atoms with Gasteiger partial charge < -0.3 is 4.74 Å². The van der Waals surface area contributed by atoms with Crippen molar-refractivity contribution < 1.29 is 4.74 Å². The van der Waals surface area contributed by atoms with Gasteiger partial charge in [-0.25, -0.2) is 0 Å². The normalized spacial score (nSPS) is 11.3. The number of ether oxygens (including phenoxy) is 1. The topological polar surface area (TPSA) is 39.4 Å². The third-order valence-corrected chi connectivity index (χ3v) is 5.43. The molecule has 4 nitrogen and oxygen atoms in total. The molecule has 0 radical (unpaired) electrons. The molecular formula is C16H12ClN3OS2. The summed E-state index contributed by atoms with van der Waals surface area (Å²) in [5.74, 6) is 1.57. The van der Waals surface area contributed by atoms with Crippen LogP contribution in [-0.4, -0.2) is 27.0 Å². The van der Waals surface area contributed by atoms with Crippen molar-refractivity contribution in [3.8, 4) is 5.75 Å². The highest BCUT2D eigenvalue weighted by Crippen LogP contribution is 2.29. The fraction of sp³-hybridized carbons (Fsp3) is 0.125. The largest absolute Gasteiger partial charge is 0.493 e. The second-order valence-electron chi connectivity index (χ2n) is 4.82. The molecule has 0 unspecified atom stereocenters. The first kappa shape index (κ1) is 14.8. The molecule has 0 spiro atoms. The number of hydrogen-bond acceptors (Lipinski definition) is 5. The molecule has 4 aromatic rings. The van der Waals surface area contributed by atoms with E-state index in [1.807, 2.05) is 36.4 Å². The van der Waals surface area contributed by atoms with Crippen LogP contribution in [0.5, 0.6) is 5.75 Å². The molecule has 23 heavy (non-hydrogen) atoms. The molecule has 0 aliphatic heterocycles. The highest BCUT2D eigenvalue weighted by molar-refractivity contribution is 7.99. The molecule has 116 valence electrons. The molecule has 0 saturated heterocycles. The average molecular weight is 362 g/mol. The van der Waals surface area contributed by atoms with Gasteiger partial charge >= 0.3 is 0 Å². The van der Waals surface area contributed by atoms with Crippen LogP contribution in [0.4, 0.5) is 0 Å². The van der Waals surface area contributed by atoms with E-state index in [1.165, 1.54) is 4.70 Å². The lowest BCUT2D eigenvalue weighted by atomic mass is 10.3. The van der Waals surface area contributed by atoms with Gasteiger partial charge in [-0.2, -0.15) is 0 Å². The molecule has 2 aromatic heterocycles. The van der Waals surface area contributed by atoms with Gasteiger partial charge in [0.25, 0.3) is 0 Å². The number of benzene rings is 2. The van der Waals surface area contributed by atoms with E-state index in [-0.39, 0.29) is 0 Å². The Labute approximate surface area is 146 Å². The minimum atomic E-state index is 0.585. The van der Waals surface area contributed by atoms with Gasteiger partial charge in [0.05, 0.1) is 16.8 Å². The molecular weight excluding hydrogens is 350 g/mol. The highest BCUT2D eigenvalue weighted by Gasteiger charge is 2.12. The smallest absolute Gasteiger partial charge is 0.217 e. The molecule has 4 rings (SSSR count). The van der Waals surface area contributed by atoms with Crippen molar-refractivity contribution in [1.82, 2.24) is 14.6 Å². The molecule has 0 N–H and O–H groups in total. The maximum Gasteiger partial charge on any atom is 0.217 e. The number of halogens is 1. The van der Waals surface area contributed by atoms with E-state index >= 15 is 0 Å². The van der Waals surface area contributed by atoms with E-state index in [1.54, 1.807) is 23.1 Å². The summed E-state index contributed by atoms with van der Waals surface area (Å²) in [7, 11) is 0. The molecule has 0 fully saturated rings. The van der Waals surface area contributed by atoms with Gasteiger partial charge in [0, 0.05) is 10.8 Å². The summed E-state index contributed by atoms with van der Waals surface area (Å²) in [5.41, 5.74) is 1.15. The lowest BCUT2D eigenvalue weighted by Crippen LogP contribution is -2.00. The number of para-hydroxylation sites is 1. The fourth-order valence-corrected chi connectivity index (χ4v) is 4.26. The van der Waals surface area contributed by atoms with Gasteiger partial charge in [0.15, 0.2) is 5.16 Å². The van der Waals surface area contributed by atoms with E-state index in [0.717, 1.165) is 27.1 Å². The van der Waals surface area contributed by atoms with Crippen LogP contribution >= 0.6 is 34.7 Å². The summed E-state index contributed by atoms with van der Waals surface area (Å²) in [6.45, 7) is 0.585. The van der Waals surface area contributed by atoms with Gasteiger partial charge in [-0.1, -0.05) is 52.9 Å². The van der Waals surface area contributed by atoms with Crippen molar-refractivity contribution in [3.05, 3.63) is 53.6 Å². The Morgan fingerprint density at radius 1 is 1.13 bits per heavy atom. The maximum absolute atomic E-state index is 5.94. The van der Waals surface area contributed by atoms with Crippen LogP contribution in [0.25, 0.3) is 15.2 Å². The molecule has 2 heterocycles. The van der Waals surface area contributed by atoms with Gasteiger partial charge in [-0.3, -0.25) is 4.40 Å². The van der Waals surface area contributed by atoms with Gasteiger partial charge in [0.2, 0.25) is 4.96 Å². The van der Waals surface area contributed by atoms with Crippen LogP contribution in [0.15, 0.2) is 53.7 Å². The summed E-state index contributed by atoms with van der Waals surface area (Å²) in [4.78, 5) is 0.921. The summed E-state index contributed by atoms with van der Waals surface area (Å²) in [6.07, 6.45) is 0. The quantitative estimate of drug-likeness (QED) is 0.379. The van der Waals surface area contributed by atoms with Crippen LogP contribution in [0.1, 0.15) is 0 Å². The molecule has 0 bridgehead atoms. The SMILES string of the molecule is Clc1cccc(OCCSc2nnc3sc4ccccc4n23)c1. The molecule has 0 amide bonds. The second kappa shape index (κ2) is 6.39. The monoisotopic (exact) mass is 361 g/mol. The Morgan fingerprint density at radius 3 is 2.96 bits per heavy atom. The lowest BCUT2D eigenvalue weighted by Gasteiger charge is -2.05. The van der Waals surface area contributed by atoms with Crippen molar-refractivity contribution in [2.45, 2.75) is 5.16 Å². The van der Waals surface area contributed by atoms with Crippen LogP contribution in [0.3, 0.4) is 0 Å². The Morgan fingerprint density at radius 2 is 2.04 bits per heavy atom. The number of rotatable bonds is 5. The van der Waals surface area contributed by atoms with Crippen molar-refractivity contribution in [3.63, 3.8) is 0 Å². The van der Waals surface area contributed by atoms with Gasteiger partial charge in [-0.05, 0) is 30.3 Å². The number of thiazole rings is 1. The number of nitrogens with zero attached hydrogens (tertiary/aromatic N) is 3. The van der Waals surface area contributed by atoms with Crippen LogP contribution in [0, 0.1) is 0 Å². The molecule has 0 aliphatic carbocycles. The van der Waals surface area contributed by atoms with E-state index in [4.69, 9.17) is 16.3 Å². The molecule has 7 heteroatoms. The van der Waals surface area contributed by atoms with Crippen molar-refractivity contribution in [1.29, 1.82) is 0 Å². The lowest BCUT2D eigenvalue weighted by molar-refractivity contribution is 0.344. The second-order valence-corrected chi connectivity index (χ2v) is 7.33. The van der Waals surface area contributed by atoms with Crippen LogP contribution in [-0.2, 0) is 0 Å².